The number of benzene rings is 1. The Balaban J connectivity index is 2.72. The highest BCUT2D eigenvalue weighted by molar-refractivity contribution is 5.77. The number of nitrogens with zero attached hydrogens (tertiary/aromatic N) is 3. The van der Waals surface area contributed by atoms with Crippen LogP contribution < -0.4 is 5.73 Å². The fourth-order valence-corrected chi connectivity index (χ4v) is 1.43. The molecule has 0 unspecified atom stereocenters. The Morgan fingerprint density at radius 3 is 2.53 bits per heavy atom. The molecule has 0 fully saturated rings. The van der Waals surface area contributed by atoms with Gasteiger partial charge in [0.05, 0.1) is 4.92 Å². The van der Waals surface area contributed by atoms with Crippen molar-refractivity contribution in [3.63, 3.8) is 0 Å². The van der Waals surface area contributed by atoms with E-state index in [2.05, 4.69) is 9.97 Å². The molecule has 17 heavy (non-hydrogen) atoms. The average Bonchev–Trinajstić information content (AvgIpc) is 2.28. The van der Waals surface area contributed by atoms with Crippen molar-refractivity contribution in [1.29, 1.82) is 0 Å². The molecule has 1 aromatic heterocycles. The van der Waals surface area contributed by atoms with Gasteiger partial charge in [-0.1, -0.05) is 0 Å². The fraction of sp³-hybridized carbons (Fsp3) is 0. The maximum atomic E-state index is 13.2. The normalized spacial score (nSPS) is 10.2. The summed E-state index contributed by atoms with van der Waals surface area (Å²) in [5.74, 6) is -0.610. The molecule has 0 saturated heterocycles. The second-order valence-electron chi connectivity index (χ2n) is 3.22. The molecule has 2 N–H and O–H groups in total. The first-order valence-corrected chi connectivity index (χ1v) is 4.60. The SMILES string of the molecule is Nc1cc(F)cc(-c2ncccn2)c1[N+](=O)[O-]. The third-order valence-electron chi connectivity index (χ3n) is 2.09. The highest BCUT2D eigenvalue weighted by Gasteiger charge is 2.22. The molecule has 0 spiro atoms. The topological polar surface area (TPSA) is 94.9 Å². The van der Waals surface area contributed by atoms with Crippen LogP contribution in [-0.2, 0) is 0 Å². The number of nitrogens with two attached hydrogens (primary N) is 1. The summed E-state index contributed by atoms with van der Waals surface area (Å²) in [5, 5.41) is 10.9. The Morgan fingerprint density at radius 1 is 1.29 bits per heavy atom. The molecule has 0 aliphatic heterocycles. The van der Waals surface area contributed by atoms with Gasteiger partial charge >= 0.3 is 5.69 Å². The third-order valence-corrected chi connectivity index (χ3v) is 2.09. The van der Waals surface area contributed by atoms with E-state index < -0.39 is 16.4 Å². The smallest absolute Gasteiger partial charge is 0.303 e. The van der Waals surface area contributed by atoms with Gasteiger partial charge in [-0.3, -0.25) is 10.1 Å². The lowest BCUT2D eigenvalue weighted by Gasteiger charge is -2.04. The molecule has 7 heteroatoms. The van der Waals surface area contributed by atoms with E-state index in [4.69, 9.17) is 5.73 Å². The maximum absolute atomic E-state index is 13.2. The van der Waals surface area contributed by atoms with E-state index >= 15 is 0 Å². The molecule has 2 aromatic rings. The number of anilines is 1. The lowest BCUT2D eigenvalue weighted by molar-refractivity contribution is -0.383. The maximum Gasteiger partial charge on any atom is 0.303 e. The Bertz CT molecular complexity index is 574. The van der Waals surface area contributed by atoms with Gasteiger partial charge in [-0.2, -0.15) is 0 Å². The molecule has 0 bridgehead atoms. The Labute approximate surface area is 95.1 Å². The van der Waals surface area contributed by atoms with Crippen molar-refractivity contribution >= 4 is 11.4 Å². The molecular weight excluding hydrogens is 227 g/mol. The van der Waals surface area contributed by atoms with Crippen LogP contribution in [0.2, 0.25) is 0 Å². The zero-order valence-corrected chi connectivity index (χ0v) is 8.50. The molecule has 0 saturated carbocycles. The highest BCUT2D eigenvalue weighted by Crippen LogP contribution is 2.33. The van der Waals surface area contributed by atoms with Crippen molar-refractivity contribution in [3.05, 3.63) is 46.5 Å². The van der Waals surface area contributed by atoms with Crippen LogP contribution in [0.25, 0.3) is 11.4 Å². The molecule has 0 atom stereocenters. The molecular formula is C10H7FN4O2. The largest absolute Gasteiger partial charge is 0.393 e. The van der Waals surface area contributed by atoms with Gasteiger partial charge in [-0.15, -0.1) is 0 Å². The standard InChI is InChI=1S/C10H7FN4O2/c11-6-4-7(10-13-2-1-3-14-10)9(15(16)17)8(12)5-6/h1-5H,12H2. The van der Waals surface area contributed by atoms with Crippen LogP contribution >= 0.6 is 0 Å². The first kappa shape index (κ1) is 10.9. The Kier molecular flexibility index (Phi) is 2.65. The van der Waals surface area contributed by atoms with Gasteiger partial charge in [-0.05, 0) is 12.1 Å². The van der Waals surface area contributed by atoms with Crippen LogP contribution in [-0.4, -0.2) is 14.9 Å². The van der Waals surface area contributed by atoms with Crippen LogP contribution in [0.5, 0.6) is 0 Å². The summed E-state index contributed by atoms with van der Waals surface area (Å²) in [6, 6.07) is 3.44. The van der Waals surface area contributed by atoms with E-state index in [0.29, 0.717) is 0 Å². The van der Waals surface area contributed by atoms with E-state index in [1.54, 1.807) is 6.07 Å². The molecule has 0 amide bonds. The van der Waals surface area contributed by atoms with Crippen LogP contribution in [0.15, 0.2) is 30.6 Å². The van der Waals surface area contributed by atoms with E-state index in [9.17, 15) is 14.5 Å². The number of nitro groups is 1. The minimum Gasteiger partial charge on any atom is -0.393 e. The first-order chi connectivity index (χ1) is 8.09. The minimum atomic E-state index is -0.680. The van der Waals surface area contributed by atoms with Crippen LogP contribution in [0.1, 0.15) is 0 Å². The van der Waals surface area contributed by atoms with Gasteiger partial charge in [0.2, 0.25) is 0 Å². The van der Waals surface area contributed by atoms with Crippen molar-refractivity contribution in [1.82, 2.24) is 9.97 Å². The molecule has 6 nitrogen and oxygen atoms in total. The van der Waals surface area contributed by atoms with Crippen molar-refractivity contribution in [3.8, 4) is 11.4 Å². The monoisotopic (exact) mass is 234 g/mol. The Morgan fingerprint density at radius 2 is 1.94 bits per heavy atom. The number of hydrogen-bond acceptors (Lipinski definition) is 5. The van der Waals surface area contributed by atoms with Gasteiger partial charge in [-0.25, -0.2) is 14.4 Å². The molecule has 86 valence electrons. The highest BCUT2D eigenvalue weighted by atomic mass is 19.1. The number of nitrogen functional groups attached to an aromatic ring is 1. The van der Waals surface area contributed by atoms with Crippen LogP contribution in [0.4, 0.5) is 15.8 Å². The summed E-state index contributed by atoms with van der Waals surface area (Å²) in [6.07, 6.45) is 2.82. The van der Waals surface area contributed by atoms with Crippen molar-refractivity contribution < 1.29 is 9.31 Å². The summed E-state index contributed by atoms with van der Waals surface area (Å²) >= 11 is 0. The number of hydrogen-bond donors (Lipinski definition) is 1. The van der Waals surface area contributed by atoms with E-state index in [0.717, 1.165) is 12.1 Å². The minimum absolute atomic E-state index is 0.0342. The molecule has 0 radical (unpaired) electrons. The van der Waals surface area contributed by atoms with Crippen molar-refractivity contribution in [2.45, 2.75) is 0 Å². The second-order valence-corrected chi connectivity index (χ2v) is 3.22. The lowest BCUT2D eigenvalue weighted by atomic mass is 10.1. The summed E-state index contributed by atoms with van der Waals surface area (Å²) in [6.45, 7) is 0. The summed E-state index contributed by atoms with van der Waals surface area (Å²) in [4.78, 5) is 17.9. The number of rotatable bonds is 2. The molecule has 0 aliphatic rings. The molecule has 1 aromatic carbocycles. The van der Waals surface area contributed by atoms with Gasteiger partial charge in [0.15, 0.2) is 5.82 Å². The van der Waals surface area contributed by atoms with Gasteiger partial charge < -0.3 is 5.73 Å². The van der Waals surface area contributed by atoms with Gasteiger partial charge in [0.1, 0.15) is 17.1 Å². The van der Waals surface area contributed by atoms with Gasteiger partial charge in [0.25, 0.3) is 0 Å². The summed E-state index contributed by atoms with van der Waals surface area (Å²) in [7, 11) is 0. The quantitative estimate of drug-likeness (QED) is 0.485. The fourth-order valence-electron chi connectivity index (χ4n) is 1.43. The zero-order chi connectivity index (χ0) is 12.4. The second kappa shape index (κ2) is 4.12. The van der Waals surface area contributed by atoms with E-state index in [-0.39, 0.29) is 17.1 Å². The first-order valence-electron chi connectivity index (χ1n) is 4.60. The lowest BCUT2D eigenvalue weighted by Crippen LogP contribution is -2.01. The van der Waals surface area contributed by atoms with E-state index in [1.165, 1.54) is 12.4 Å². The molecule has 0 aliphatic carbocycles. The number of halogens is 1. The Hall–Kier alpha value is -2.57. The number of nitro benzene ring substituents is 1. The van der Waals surface area contributed by atoms with Crippen molar-refractivity contribution in [2.24, 2.45) is 0 Å². The predicted molar refractivity (Wildman–Crippen MR) is 58.5 cm³/mol. The zero-order valence-electron chi connectivity index (χ0n) is 8.50. The third kappa shape index (κ3) is 2.03. The number of aromatic nitrogens is 2. The summed E-state index contributed by atoms with van der Waals surface area (Å²) in [5.41, 5.74) is 4.75. The molecule has 1 heterocycles. The van der Waals surface area contributed by atoms with E-state index in [1.807, 2.05) is 0 Å². The van der Waals surface area contributed by atoms with Crippen LogP contribution in [0, 0.1) is 15.9 Å². The van der Waals surface area contributed by atoms with Crippen LogP contribution in [0.3, 0.4) is 0 Å². The summed E-state index contributed by atoms with van der Waals surface area (Å²) < 4.78 is 13.2. The molecule has 2 rings (SSSR count). The average molecular weight is 234 g/mol. The van der Waals surface area contributed by atoms with Gasteiger partial charge in [0, 0.05) is 18.5 Å². The predicted octanol–water partition coefficient (Wildman–Crippen LogP) is 1.77. The van der Waals surface area contributed by atoms with Crippen molar-refractivity contribution in [2.75, 3.05) is 5.73 Å².